The second-order valence-electron chi connectivity index (χ2n) is 9.44. The molecule has 0 radical (unpaired) electrons. The molecule has 5 rings (SSSR count). The number of fused-ring (bicyclic) bond motifs is 5. The van der Waals surface area contributed by atoms with Gasteiger partial charge in [0, 0.05) is 41.2 Å². The molecular weight excluding hydrogens is 476 g/mol. The van der Waals surface area contributed by atoms with Crippen molar-refractivity contribution < 1.29 is 14.3 Å². The van der Waals surface area contributed by atoms with Gasteiger partial charge in [-0.3, -0.25) is 9.69 Å². The van der Waals surface area contributed by atoms with Crippen LogP contribution in [-0.2, 0) is 4.74 Å². The molecular formula is C26H26N6O3S. The van der Waals surface area contributed by atoms with E-state index in [1.165, 1.54) is 16.2 Å². The number of aromatic nitrogens is 3. The van der Waals surface area contributed by atoms with Gasteiger partial charge in [0.1, 0.15) is 10.5 Å². The van der Waals surface area contributed by atoms with Gasteiger partial charge in [0.15, 0.2) is 5.82 Å². The standard InChI is InChI=1S/C26H26N6O3S/c1-6-14-13-16(23(31-30-14)32(5)25(34)35-26(2,3)4)18-8-7-15-17(29-18)9-10-19-20(15)21-22(36-19)24(33)28-12-11-27-21/h6-10,13,27H,1,11-12H2,2-5H3,(H,28,33). The van der Waals surface area contributed by atoms with Gasteiger partial charge in [-0.25, -0.2) is 9.78 Å². The van der Waals surface area contributed by atoms with Gasteiger partial charge in [-0.15, -0.1) is 21.5 Å². The monoisotopic (exact) mass is 502 g/mol. The summed E-state index contributed by atoms with van der Waals surface area (Å²) in [4.78, 5) is 32.2. The topological polar surface area (TPSA) is 109 Å². The van der Waals surface area contributed by atoms with E-state index >= 15 is 0 Å². The average Bonchev–Trinajstić information content (AvgIpc) is 3.14. The van der Waals surface area contributed by atoms with E-state index in [9.17, 15) is 9.59 Å². The summed E-state index contributed by atoms with van der Waals surface area (Å²) in [6.07, 6.45) is 1.05. The van der Waals surface area contributed by atoms with Gasteiger partial charge < -0.3 is 15.4 Å². The number of amides is 2. The third kappa shape index (κ3) is 4.24. The largest absolute Gasteiger partial charge is 0.443 e. The Morgan fingerprint density at radius 3 is 2.69 bits per heavy atom. The number of hydrogen-bond donors (Lipinski definition) is 2. The summed E-state index contributed by atoms with van der Waals surface area (Å²) >= 11 is 1.47. The van der Waals surface area contributed by atoms with Crippen LogP contribution in [0, 0.1) is 0 Å². The maximum atomic E-state index is 12.8. The van der Waals surface area contributed by atoms with Crippen molar-refractivity contribution in [3.05, 3.63) is 47.5 Å². The molecule has 1 aliphatic rings. The molecule has 1 aromatic carbocycles. The molecule has 2 N–H and O–H groups in total. The first kappa shape index (κ1) is 23.7. The molecule has 0 unspecified atom stereocenters. The number of nitrogens with zero attached hydrogens (tertiary/aromatic N) is 4. The highest BCUT2D eigenvalue weighted by Gasteiger charge is 2.26. The molecule has 0 aliphatic carbocycles. The first-order valence-corrected chi connectivity index (χ1v) is 12.3. The Balaban J connectivity index is 1.64. The quantitative estimate of drug-likeness (QED) is 0.402. The van der Waals surface area contributed by atoms with E-state index in [0.29, 0.717) is 40.7 Å². The van der Waals surface area contributed by atoms with Crippen molar-refractivity contribution in [2.75, 3.05) is 30.4 Å². The van der Waals surface area contributed by atoms with E-state index < -0.39 is 11.7 Å². The van der Waals surface area contributed by atoms with Gasteiger partial charge in [0.25, 0.3) is 5.91 Å². The Hall–Kier alpha value is -4.05. The van der Waals surface area contributed by atoms with E-state index in [1.807, 2.05) is 24.3 Å². The van der Waals surface area contributed by atoms with E-state index in [1.54, 1.807) is 40.0 Å². The van der Waals surface area contributed by atoms with Crippen LogP contribution in [0.25, 0.3) is 38.3 Å². The van der Waals surface area contributed by atoms with Crippen LogP contribution >= 0.6 is 11.3 Å². The minimum atomic E-state index is -0.657. The molecule has 0 atom stereocenters. The number of ether oxygens (including phenoxy) is 1. The summed E-state index contributed by atoms with van der Waals surface area (Å²) in [5.74, 6) is 0.258. The Labute approximate surface area is 212 Å². The number of anilines is 2. The number of nitrogens with one attached hydrogen (secondary N) is 2. The zero-order valence-electron chi connectivity index (χ0n) is 20.5. The molecule has 9 nitrogen and oxygen atoms in total. The molecule has 4 heterocycles. The Morgan fingerprint density at radius 1 is 1.17 bits per heavy atom. The number of rotatable bonds is 3. The third-order valence-electron chi connectivity index (χ3n) is 5.70. The lowest BCUT2D eigenvalue weighted by Gasteiger charge is -2.25. The van der Waals surface area contributed by atoms with Crippen molar-refractivity contribution in [3.8, 4) is 11.3 Å². The van der Waals surface area contributed by atoms with Crippen LogP contribution in [0.15, 0.2) is 36.9 Å². The van der Waals surface area contributed by atoms with Crippen LogP contribution in [-0.4, -0.2) is 52.9 Å². The predicted molar refractivity (Wildman–Crippen MR) is 144 cm³/mol. The maximum absolute atomic E-state index is 12.8. The highest BCUT2D eigenvalue weighted by Crippen LogP contribution is 2.41. The molecule has 3 aromatic heterocycles. The van der Waals surface area contributed by atoms with Crippen LogP contribution in [0.5, 0.6) is 0 Å². The van der Waals surface area contributed by atoms with Crippen molar-refractivity contribution in [2.45, 2.75) is 26.4 Å². The molecule has 0 bridgehead atoms. The van der Waals surface area contributed by atoms with E-state index in [4.69, 9.17) is 9.72 Å². The zero-order valence-corrected chi connectivity index (χ0v) is 21.3. The van der Waals surface area contributed by atoms with Crippen LogP contribution in [0.1, 0.15) is 36.1 Å². The smallest absolute Gasteiger partial charge is 0.415 e. The second-order valence-corrected chi connectivity index (χ2v) is 10.5. The highest BCUT2D eigenvalue weighted by molar-refractivity contribution is 7.21. The summed E-state index contributed by atoms with van der Waals surface area (Å²) in [5, 5.41) is 16.7. The fourth-order valence-electron chi connectivity index (χ4n) is 4.08. The number of carbonyl (C=O) groups excluding carboxylic acids is 2. The van der Waals surface area contributed by atoms with Gasteiger partial charge in [0.2, 0.25) is 0 Å². The van der Waals surface area contributed by atoms with Gasteiger partial charge in [-0.05, 0) is 57.2 Å². The van der Waals surface area contributed by atoms with Crippen molar-refractivity contribution in [2.24, 2.45) is 0 Å². The normalized spacial score (nSPS) is 13.5. The molecule has 36 heavy (non-hydrogen) atoms. The van der Waals surface area contributed by atoms with Gasteiger partial charge in [0.05, 0.1) is 22.6 Å². The number of thiophene rings is 1. The SMILES string of the molecule is C=Cc1cc(-c2ccc3c(ccc4sc5c(c43)NCCNC5=O)n2)c(N(C)C(=O)OC(C)(C)C)nn1. The summed E-state index contributed by atoms with van der Waals surface area (Å²) in [5.41, 5.74) is 2.75. The Kier molecular flexibility index (Phi) is 5.83. The van der Waals surface area contributed by atoms with E-state index in [0.717, 1.165) is 26.7 Å². The number of benzene rings is 1. The Morgan fingerprint density at radius 2 is 1.94 bits per heavy atom. The average molecular weight is 503 g/mol. The van der Waals surface area contributed by atoms with Crippen LogP contribution in [0.4, 0.5) is 16.3 Å². The lowest BCUT2D eigenvalue weighted by molar-refractivity contribution is 0.0588. The minimum Gasteiger partial charge on any atom is -0.443 e. The summed E-state index contributed by atoms with van der Waals surface area (Å²) < 4.78 is 6.53. The highest BCUT2D eigenvalue weighted by atomic mass is 32.1. The first-order valence-electron chi connectivity index (χ1n) is 11.5. The number of hydrogen-bond acceptors (Lipinski definition) is 8. The minimum absolute atomic E-state index is 0.0661. The van der Waals surface area contributed by atoms with E-state index in [2.05, 4.69) is 27.4 Å². The molecule has 4 aromatic rings. The molecule has 1 aliphatic heterocycles. The van der Waals surface area contributed by atoms with Crippen LogP contribution < -0.4 is 15.5 Å². The molecule has 0 spiro atoms. The van der Waals surface area contributed by atoms with Crippen molar-refractivity contribution in [1.29, 1.82) is 0 Å². The molecule has 0 saturated carbocycles. The summed E-state index contributed by atoms with van der Waals surface area (Å²) in [7, 11) is 1.59. The lowest BCUT2D eigenvalue weighted by atomic mass is 10.1. The van der Waals surface area contributed by atoms with Crippen molar-refractivity contribution >= 4 is 61.9 Å². The Bertz CT molecular complexity index is 1540. The number of carbonyl (C=O) groups is 2. The summed E-state index contributed by atoms with van der Waals surface area (Å²) in [6, 6.07) is 9.60. The molecule has 0 saturated heterocycles. The molecule has 0 fully saturated rings. The van der Waals surface area contributed by atoms with Gasteiger partial charge in [-0.2, -0.15) is 0 Å². The second kappa shape index (κ2) is 8.87. The van der Waals surface area contributed by atoms with Crippen molar-refractivity contribution in [3.63, 3.8) is 0 Å². The molecule has 2 amide bonds. The fraction of sp³-hybridized carbons (Fsp3) is 0.269. The van der Waals surface area contributed by atoms with Gasteiger partial charge in [-0.1, -0.05) is 6.58 Å². The molecule has 10 heteroatoms. The molecule has 184 valence electrons. The maximum Gasteiger partial charge on any atom is 0.415 e. The van der Waals surface area contributed by atoms with Crippen molar-refractivity contribution in [1.82, 2.24) is 20.5 Å². The van der Waals surface area contributed by atoms with Gasteiger partial charge >= 0.3 is 6.09 Å². The number of pyridine rings is 1. The predicted octanol–water partition coefficient (Wildman–Crippen LogP) is 5.08. The third-order valence-corrected chi connectivity index (χ3v) is 6.86. The first-order chi connectivity index (χ1) is 17.2. The van der Waals surface area contributed by atoms with E-state index in [-0.39, 0.29) is 5.91 Å². The lowest BCUT2D eigenvalue weighted by Crippen LogP contribution is -2.35. The van der Waals surface area contributed by atoms with Crippen LogP contribution in [0.2, 0.25) is 0 Å². The fourth-order valence-corrected chi connectivity index (χ4v) is 5.19. The zero-order chi connectivity index (χ0) is 25.6. The summed E-state index contributed by atoms with van der Waals surface area (Å²) in [6.45, 7) is 10.4. The van der Waals surface area contributed by atoms with Crippen LogP contribution in [0.3, 0.4) is 0 Å².